The zero-order chi connectivity index (χ0) is 13.1. The van der Waals surface area contributed by atoms with Gasteiger partial charge in [-0.25, -0.2) is 0 Å². The molecular weight excluding hydrogens is 316 g/mol. The zero-order valence-electron chi connectivity index (χ0n) is 9.58. The fraction of sp³-hybridized carbons (Fsp3) is 0.0769. The number of rotatable bonds is 2. The number of carbonyl (C=O) groups excluding carboxylic acids is 1. The Labute approximate surface area is 118 Å². The van der Waals surface area contributed by atoms with Crippen molar-refractivity contribution in [3.8, 4) is 0 Å². The molecule has 0 aliphatic heterocycles. The normalized spacial score (nSPS) is 10.2. The lowest BCUT2D eigenvalue weighted by molar-refractivity contribution is 0.102. The van der Waals surface area contributed by atoms with Gasteiger partial charge in [-0.3, -0.25) is 9.78 Å². The summed E-state index contributed by atoms with van der Waals surface area (Å²) in [5, 5.41) is 3.19. The monoisotopic (exact) mass is 324 g/mol. The van der Waals surface area contributed by atoms with Gasteiger partial charge in [0.05, 0.1) is 22.5 Å². The molecule has 0 bridgehead atoms. The van der Waals surface area contributed by atoms with Crippen molar-refractivity contribution in [2.24, 2.45) is 0 Å². The molecular formula is C13H10BrClN2O. The van der Waals surface area contributed by atoms with Crippen molar-refractivity contribution in [1.29, 1.82) is 0 Å². The number of aromatic nitrogens is 1. The summed E-state index contributed by atoms with van der Waals surface area (Å²) in [7, 11) is 0. The highest BCUT2D eigenvalue weighted by atomic mass is 79.9. The number of benzene rings is 1. The van der Waals surface area contributed by atoms with Gasteiger partial charge in [0, 0.05) is 10.7 Å². The van der Waals surface area contributed by atoms with Crippen molar-refractivity contribution in [3.05, 3.63) is 57.3 Å². The molecule has 3 nitrogen and oxygen atoms in total. The maximum absolute atomic E-state index is 12.1. The van der Waals surface area contributed by atoms with Gasteiger partial charge in [-0.1, -0.05) is 17.7 Å². The Morgan fingerprint density at radius 1 is 1.39 bits per heavy atom. The van der Waals surface area contributed by atoms with Gasteiger partial charge in [0.15, 0.2) is 0 Å². The van der Waals surface area contributed by atoms with Crippen LogP contribution in [0.3, 0.4) is 0 Å². The number of aryl methyl sites for hydroxylation is 1. The first kappa shape index (κ1) is 13.1. The lowest BCUT2D eigenvalue weighted by atomic mass is 10.2. The fourth-order valence-electron chi connectivity index (χ4n) is 1.46. The Morgan fingerprint density at radius 3 is 2.89 bits per heavy atom. The molecule has 0 spiro atoms. The van der Waals surface area contributed by atoms with Gasteiger partial charge in [-0.2, -0.15) is 0 Å². The van der Waals surface area contributed by atoms with Crippen molar-refractivity contribution in [2.75, 3.05) is 5.32 Å². The fourth-order valence-corrected chi connectivity index (χ4v) is 2.04. The molecule has 1 heterocycles. The third-order valence-corrected chi connectivity index (χ3v) is 3.78. The van der Waals surface area contributed by atoms with Crippen molar-refractivity contribution < 1.29 is 4.79 Å². The van der Waals surface area contributed by atoms with E-state index >= 15 is 0 Å². The SMILES string of the molecule is Cc1ccncc1NC(=O)c1cccc(Br)c1Cl. The average Bonchev–Trinajstić information content (AvgIpc) is 2.35. The molecule has 92 valence electrons. The second kappa shape index (κ2) is 5.50. The van der Waals surface area contributed by atoms with Crippen LogP contribution in [0.4, 0.5) is 5.69 Å². The minimum atomic E-state index is -0.252. The summed E-state index contributed by atoms with van der Waals surface area (Å²) in [5.74, 6) is -0.252. The van der Waals surface area contributed by atoms with Gasteiger partial charge in [0.2, 0.25) is 0 Å². The number of carbonyl (C=O) groups is 1. The largest absolute Gasteiger partial charge is 0.320 e. The molecule has 0 radical (unpaired) electrons. The Kier molecular flexibility index (Phi) is 3.99. The predicted molar refractivity (Wildman–Crippen MR) is 76.1 cm³/mol. The molecule has 0 saturated heterocycles. The van der Waals surface area contributed by atoms with Crippen LogP contribution in [0.15, 0.2) is 41.1 Å². The number of nitrogens with one attached hydrogen (secondary N) is 1. The summed E-state index contributed by atoms with van der Waals surface area (Å²) in [5.41, 5.74) is 2.05. The Bertz CT molecular complexity index is 601. The molecule has 2 rings (SSSR count). The lowest BCUT2D eigenvalue weighted by Crippen LogP contribution is -2.13. The summed E-state index contributed by atoms with van der Waals surface area (Å²) < 4.78 is 0.694. The van der Waals surface area contributed by atoms with Crippen LogP contribution in [-0.2, 0) is 0 Å². The van der Waals surface area contributed by atoms with Gasteiger partial charge in [0.25, 0.3) is 5.91 Å². The molecule has 5 heteroatoms. The van der Waals surface area contributed by atoms with E-state index in [-0.39, 0.29) is 5.91 Å². The number of anilines is 1. The van der Waals surface area contributed by atoms with Gasteiger partial charge < -0.3 is 5.32 Å². The standard InChI is InChI=1S/C13H10BrClN2O/c1-8-5-6-16-7-11(8)17-13(18)9-3-2-4-10(14)12(9)15/h2-7H,1H3,(H,17,18). The summed E-state index contributed by atoms with van der Waals surface area (Å²) in [6.45, 7) is 1.90. The van der Waals surface area contributed by atoms with Crippen LogP contribution in [0.2, 0.25) is 5.02 Å². The Hall–Kier alpha value is -1.39. The molecule has 0 aliphatic carbocycles. The van der Waals surface area contributed by atoms with E-state index in [1.54, 1.807) is 30.6 Å². The quantitative estimate of drug-likeness (QED) is 0.905. The van der Waals surface area contributed by atoms with Crippen LogP contribution < -0.4 is 5.32 Å². The number of hydrogen-bond donors (Lipinski definition) is 1. The van der Waals surface area contributed by atoms with E-state index in [9.17, 15) is 4.79 Å². The molecule has 0 atom stereocenters. The molecule has 0 aliphatic rings. The Morgan fingerprint density at radius 2 is 2.17 bits per heavy atom. The lowest BCUT2D eigenvalue weighted by Gasteiger charge is -2.09. The maximum Gasteiger partial charge on any atom is 0.257 e. The van der Waals surface area contributed by atoms with Crippen molar-refractivity contribution in [1.82, 2.24) is 4.98 Å². The number of nitrogens with zero attached hydrogens (tertiary/aromatic N) is 1. The molecule has 0 fully saturated rings. The van der Waals surface area contributed by atoms with Crippen LogP contribution in [0, 0.1) is 6.92 Å². The van der Waals surface area contributed by atoms with E-state index in [1.807, 2.05) is 13.0 Å². The average molecular weight is 326 g/mol. The summed E-state index contributed by atoms with van der Waals surface area (Å²) in [6.07, 6.45) is 3.29. The number of hydrogen-bond acceptors (Lipinski definition) is 2. The molecule has 1 aromatic carbocycles. The van der Waals surface area contributed by atoms with E-state index in [4.69, 9.17) is 11.6 Å². The number of amides is 1. The van der Waals surface area contributed by atoms with Crippen molar-refractivity contribution in [3.63, 3.8) is 0 Å². The topological polar surface area (TPSA) is 42.0 Å². The second-order valence-corrected chi connectivity index (χ2v) is 4.98. The minimum Gasteiger partial charge on any atom is -0.320 e. The van der Waals surface area contributed by atoms with Crippen LogP contribution in [0.5, 0.6) is 0 Å². The molecule has 1 aromatic heterocycles. The summed E-state index contributed by atoms with van der Waals surface area (Å²) in [6, 6.07) is 7.06. The number of pyridine rings is 1. The van der Waals surface area contributed by atoms with Crippen LogP contribution in [0.1, 0.15) is 15.9 Å². The first-order valence-electron chi connectivity index (χ1n) is 5.25. The van der Waals surface area contributed by atoms with E-state index in [2.05, 4.69) is 26.2 Å². The third kappa shape index (κ3) is 2.71. The highest BCUT2D eigenvalue weighted by molar-refractivity contribution is 9.10. The van der Waals surface area contributed by atoms with Crippen molar-refractivity contribution in [2.45, 2.75) is 6.92 Å². The van der Waals surface area contributed by atoms with Gasteiger partial charge in [0.1, 0.15) is 0 Å². The van der Waals surface area contributed by atoms with E-state index in [1.165, 1.54) is 0 Å². The Balaban J connectivity index is 2.28. The number of halogens is 2. The smallest absolute Gasteiger partial charge is 0.257 e. The van der Waals surface area contributed by atoms with E-state index in [0.29, 0.717) is 20.7 Å². The molecule has 0 saturated carbocycles. The maximum atomic E-state index is 12.1. The first-order chi connectivity index (χ1) is 8.59. The molecule has 2 aromatic rings. The third-order valence-electron chi connectivity index (χ3n) is 2.48. The van der Waals surface area contributed by atoms with Crippen LogP contribution in [-0.4, -0.2) is 10.9 Å². The predicted octanol–water partition coefficient (Wildman–Crippen LogP) is 4.06. The minimum absolute atomic E-state index is 0.252. The van der Waals surface area contributed by atoms with Crippen molar-refractivity contribution >= 4 is 39.1 Å². The highest BCUT2D eigenvalue weighted by Crippen LogP contribution is 2.26. The van der Waals surface area contributed by atoms with E-state index in [0.717, 1.165) is 5.56 Å². The first-order valence-corrected chi connectivity index (χ1v) is 6.42. The molecule has 1 amide bonds. The molecule has 1 N–H and O–H groups in total. The molecule has 18 heavy (non-hydrogen) atoms. The van der Waals surface area contributed by atoms with Gasteiger partial charge in [-0.15, -0.1) is 0 Å². The second-order valence-electron chi connectivity index (χ2n) is 3.75. The van der Waals surface area contributed by atoms with Gasteiger partial charge in [-0.05, 0) is 46.6 Å². The zero-order valence-corrected chi connectivity index (χ0v) is 11.9. The van der Waals surface area contributed by atoms with Gasteiger partial charge >= 0.3 is 0 Å². The highest BCUT2D eigenvalue weighted by Gasteiger charge is 2.13. The van der Waals surface area contributed by atoms with E-state index < -0.39 is 0 Å². The summed E-state index contributed by atoms with van der Waals surface area (Å²) in [4.78, 5) is 16.1. The molecule has 0 unspecified atom stereocenters. The van der Waals surface area contributed by atoms with Crippen LogP contribution in [0.25, 0.3) is 0 Å². The summed E-state index contributed by atoms with van der Waals surface area (Å²) >= 11 is 9.36. The van der Waals surface area contributed by atoms with Crippen LogP contribution >= 0.6 is 27.5 Å².